The van der Waals surface area contributed by atoms with Gasteiger partial charge in [0, 0.05) is 0 Å². The van der Waals surface area contributed by atoms with Crippen LogP contribution in [0.25, 0.3) is 0 Å². The number of ether oxygens (including phenoxy) is 2. The molecule has 0 amide bonds. The van der Waals surface area contributed by atoms with Crippen LogP contribution in [-0.2, 0) is 19.1 Å². The Hall–Kier alpha value is -1.32. The van der Waals surface area contributed by atoms with Gasteiger partial charge in [-0.25, -0.2) is 9.59 Å². The minimum atomic E-state index is -0.910. The average molecular weight is 198 g/mol. The molecule has 0 N–H and O–H groups in total. The molecule has 0 aromatic rings. The molecule has 1 heterocycles. The van der Waals surface area contributed by atoms with Crippen molar-refractivity contribution in [2.24, 2.45) is 9.98 Å². The molecule has 1 aliphatic rings. The monoisotopic (exact) mass is 198 g/mol. The molecular weight excluding hydrogens is 188 g/mol. The zero-order valence-corrected chi connectivity index (χ0v) is 7.89. The highest BCUT2D eigenvalue weighted by Crippen LogP contribution is 2.25. The molecule has 0 bridgehead atoms. The third kappa shape index (κ3) is 2.58. The predicted octanol–water partition coefficient (Wildman–Crippen LogP) is 0.136. The molecule has 1 saturated heterocycles. The molecule has 0 aromatic heterocycles. The Labute approximate surface area is 80.6 Å². The van der Waals surface area contributed by atoms with Crippen molar-refractivity contribution in [3.63, 3.8) is 0 Å². The van der Waals surface area contributed by atoms with E-state index in [0.717, 1.165) is 0 Å². The maximum atomic E-state index is 10.0. The van der Waals surface area contributed by atoms with E-state index in [1.165, 1.54) is 12.2 Å². The van der Waals surface area contributed by atoms with Crippen molar-refractivity contribution in [3.8, 4) is 0 Å². The molecule has 0 radical (unpaired) electrons. The summed E-state index contributed by atoms with van der Waals surface area (Å²) in [6.07, 6.45) is 1.20. The first-order chi connectivity index (χ1) is 6.59. The quantitative estimate of drug-likeness (QED) is 0.477. The van der Waals surface area contributed by atoms with E-state index in [4.69, 9.17) is 9.47 Å². The van der Waals surface area contributed by atoms with E-state index in [1.807, 2.05) is 0 Å². The number of aliphatic imine (C=N–C) groups is 2. The van der Waals surface area contributed by atoms with Crippen LogP contribution in [0.4, 0.5) is 0 Å². The van der Waals surface area contributed by atoms with E-state index < -0.39 is 18.1 Å². The second kappa shape index (κ2) is 4.26. The van der Waals surface area contributed by atoms with Gasteiger partial charge in [-0.3, -0.25) is 0 Å². The van der Waals surface area contributed by atoms with Gasteiger partial charge in [0.1, 0.15) is 6.10 Å². The van der Waals surface area contributed by atoms with Crippen LogP contribution in [0.2, 0.25) is 0 Å². The fourth-order valence-electron chi connectivity index (χ4n) is 1.17. The topological polar surface area (TPSA) is 77.3 Å². The SMILES string of the molecule is CC1(C)OC[C@H](C(N=C=O)N=C=O)O1. The highest BCUT2D eigenvalue weighted by molar-refractivity contribution is 5.37. The van der Waals surface area contributed by atoms with Crippen LogP contribution in [0.3, 0.4) is 0 Å². The average Bonchev–Trinajstić information content (AvgIpc) is 2.46. The molecule has 0 spiro atoms. The predicted molar refractivity (Wildman–Crippen MR) is 44.9 cm³/mol. The van der Waals surface area contributed by atoms with Gasteiger partial charge in [-0.15, -0.1) is 0 Å². The molecule has 0 saturated carbocycles. The molecule has 1 atom stereocenters. The Balaban J connectivity index is 2.71. The van der Waals surface area contributed by atoms with Crippen molar-refractivity contribution in [2.45, 2.75) is 31.9 Å². The second-order valence-corrected chi connectivity index (χ2v) is 3.22. The summed E-state index contributed by atoms with van der Waals surface area (Å²) in [6, 6.07) is 0. The first kappa shape index (κ1) is 10.8. The lowest BCUT2D eigenvalue weighted by Gasteiger charge is -2.17. The van der Waals surface area contributed by atoms with E-state index >= 15 is 0 Å². The molecule has 0 aromatic carbocycles. The largest absolute Gasteiger partial charge is 0.348 e. The van der Waals surface area contributed by atoms with Crippen molar-refractivity contribution in [1.82, 2.24) is 0 Å². The van der Waals surface area contributed by atoms with Crippen molar-refractivity contribution < 1.29 is 19.1 Å². The fraction of sp³-hybridized carbons (Fsp3) is 0.750. The molecule has 0 aliphatic carbocycles. The summed E-state index contributed by atoms with van der Waals surface area (Å²) >= 11 is 0. The van der Waals surface area contributed by atoms with Crippen molar-refractivity contribution >= 4 is 12.2 Å². The second-order valence-electron chi connectivity index (χ2n) is 3.22. The summed E-state index contributed by atoms with van der Waals surface area (Å²) in [5.74, 6) is -0.736. The van der Waals surface area contributed by atoms with Crippen LogP contribution in [0, 0.1) is 0 Å². The lowest BCUT2D eigenvalue weighted by Crippen LogP contribution is -2.28. The standard InChI is InChI=1S/C8H10N2O4/c1-8(2)13-3-6(14-8)7(9-4-11)10-5-12/h6-7H,3H2,1-2H3/t6-/m1/s1. The van der Waals surface area contributed by atoms with Gasteiger partial charge in [0.15, 0.2) is 12.0 Å². The summed E-state index contributed by atoms with van der Waals surface area (Å²) in [4.78, 5) is 26.7. The third-order valence-corrected chi connectivity index (χ3v) is 1.73. The fourth-order valence-corrected chi connectivity index (χ4v) is 1.17. The van der Waals surface area contributed by atoms with Gasteiger partial charge in [-0.05, 0) is 13.8 Å². The summed E-state index contributed by atoms with van der Waals surface area (Å²) in [6.45, 7) is 3.67. The van der Waals surface area contributed by atoms with E-state index in [0.29, 0.717) is 0 Å². The molecule has 76 valence electrons. The van der Waals surface area contributed by atoms with Crippen LogP contribution in [0.15, 0.2) is 9.98 Å². The smallest absolute Gasteiger partial charge is 0.237 e. The first-order valence-electron chi connectivity index (χ1n) is 4.05. The minimum Gasteiger partial charge on any atom is -0.348 e. The van der Waals surface area contributed by atoms with Gasteiger partial charge in [-0.1, -0.05) is 0 Å². The molecule has 1 rings (SSSR count). The van der Waals surface area contributed by atoms with Gasteiger partial charge in [0.25, 0.3) is 0 Å². The van der Waals surface area contributed by atoms with Gasteiger partial charge in [-0.2, -0.15) is 9.98 Å². The summed E-state index contributed by atoms with van der Waals surface area (Å²) < 4.78 is 10.6. The Morgan fingerprint density at radius 3 is 2.29 bits per heavy atom. The summed E-state index contributed by atoms with van der Waals surface area (Å²) in [7, 11) is 0. The Morgan fingerprint density at radius 1 is 1.36 bits per heavy atom. The van der Waals surface area contributed by atoms with Gasteiger partial charge >= 0.3 is 0 Å². The third-order valence-electron chi connectivity index (χ3n) is 1.73. The number of nitrogens with zero attached hydrogens (tertiary/aromatic N) is 2. The van der Waals surface area contributed by atoms with Crippen molar-refractivity contribution in [3.05, 3.63) is 0 Å². The van der Waals surface area contributed by atoms with E-state index in [-0.39, 0.29) is 6.61 Å². The molecular formula is C8H10N2O4. The number of isocyanates is 2. The maximum Gasteiger partial charge on any atom is 0.237 e. The van der Waals surface area contributed by atoms with Gasteiger partial charge in [0.2, 0.25) is 12.2 Å². The van der Waals surface area contributed by atoms with Crippen LogP contribution in [-0.4, -0.2) is 36.8 Å². The summed E-state index contributed by atoms with van der Waals surface area (Å²) in [5.41, 5.74) is 0. The zero-order chi connectivity index (χ0) is 10.6. The van der Waals surface area contributed by atoms with Crippen LogP contribution in [0.5, 0.6) is 0 Å². The van der Waals surface area contributed by atoms with Crippen LogP contribution in [0.1, 0.15) is 13.8 Å². The molecule has 1 fully saturated rings. The number of hydrogen-bond donors (Lipinski definition) is 0. The van der Waals surface area contributed by atoms with Gasteiger partial charge < -0.3 is 9.47 Å². The summed E-state index contributed by atoms with van der Waals surface area (Å²) in [5, 5.41) is 0. The first-order valence-corrected chi connectivity index (χ1v) is 4.05. The lowest BCUT2D eigenvalue weighted by molar-refractivity contribution is -0.140. The number of rotatable bonds is 3. The van der Waals surface area contributed by atoms with Crippen molar-refractivity contribution in [1.29, 1.82) is 0 Å². The van der Waals surface area contributed by atoms with Crippen LogP contribution < -0.4 is 0 Å². The molecule has 6 heteroatoms. The highest BCUT2D eigenvalue weighted by atomic mass is 16.7. The van der Waals surface area contributed by atoms with E-state index in [1.54, 1.807) is 13.8 Å². The molecule has 6 nitrogen and oxygen atoms in total. The molecule has 14 heavy (non-hydrogen) atoms. The highest BCUT2D eigenvalue weighted by Gasteiger charge is 2.37. The lowest BCUT2D eigenvalue weighted by atomic mass is 10.3. The Kier molecular flexibility index (Phi) is 3.28. The minimum absolute atomic E-state index is 0.230. The van der Waals surface area contributed by atoms with Crippen LogP contribution >= 0.6 is 0 Å². The van der Waals surface area contributed by atoms with Crippen molar-refractivity contribution in [2.75, 3.05) is 6.61 Å². The number of hydrogen-bond acceptors (Lipinski definition) is 6. The Morgan fingerprint density at radius 2 is 1.93 bits per heavy atom. The van der Waals surface area contributed by atoms with E-state index in [9.17, 15) is 9.59 Å². The maximum absolute atomic E-state index is 10.0. The van der Waals surface area contributed by atoms with E-state index in [2.05, 4.69) is 9.98 Å². The molecule has 1 aliphatic heterocycles. The molecule has 0 unspecified atom stereocenters. The normalized spacial score (nSPS) is 26.0. The Bertz CT molecular complexity index is 284. The zero-order valence-electron chi connectivity index (χ0n) is 7.89. The number of carbonyl (C=O) groups excluding carboxylic acids is 2. The van der Waals surface area contributed by atoms with Gasteiger partial charge in [0.05, 0.1) is 6.61 Å².